The van der Waals surface area contributed by atoms with Crippen molar-refractivity contribution < 1.29 is 24.2 Å². The Hall–Kier alpha value is -3.09. The van der Waals surface area contributed by atoms with Crippen molar-refractivity contribution in [1.29, 1.82) is 0 Å². The van der Waals surface area contributed by atoms with Crippen LogP contribution >= 0.6 is 0 Å². The highest BCUT2D eigenvalue weighted by Crippen LogP contribution is 2.22. The van der Waals surface area contributed by atoms with Crippen molar-refractivity contribution in [1.82, 2.24) is 10.3 Å². The van der Waals surface area contributed by atoms with Crippen molar-refractivity contribution >= 4 is 11.9 Å². The van der Waals surface area contributed by atoms with Crippen LogP contribution in [0.4, 0.5) is 0 Å². The van der Waals surface area contributed by atoms with Crippen LogP contribution in [0.2, 0.25) is 0 Å². The number of nitrogens with one attached hydrogen (secondary N) is 1. The van der Waals surface area contributed by atoms with E-state index in [4.69, 9.17) is 14.6 Å². The highest BCUT2D eigenvalue weighted by atomic mass is 16.5. The van der Waals surface area contributed by atoms with Gasteiger partial charge in [0.25, 0.3) is 5.91 Å². The first-order chi connectivity index (χ1) is 12.6. The van der Waals surface area contributed by atoms with E-state index in [0.717, 1.165) is 12.8 Å². The molecule has 1 atom stereocenters. The van der Waals surface area contributed by atoms with Gasteiger partial charge in [-0.15, -0.1) is 0 Å². The second kappa shape index (κ2) is 10.0. The number of carboxylic acid groups (broad SMARTS) is 1. The lowest BCUT2D eigenvalue weighted by molar-refractivity contribution is -0.142. The zero-order valence-corrected chi connectivity index (χ0v) is 14.6. The lowest BCUT2D eigenvalue weighted by Crippen LogP contribution is -2.42. The Morgan fingerprint density at radius 1 is 1.15 bits per heavy atom. The predicted molar refractivity (Wildman–Crippen MR) is 95.3 cm³/mol. The molecule has 1 amide bonds. The van der Waals surface area contributed by atoms with Gasteiger partial charge in [0.15, 0.2) is 6.61 Å². The first-order valence-electron chi connectivity index (χ1n) is 8.42. The first kappa shape index (κ1) is 19.2. The van der Waals surface area contributed by atoms with Crippen LogP contribution in [0.1, 0.15) is 26.2 Å². The number of aliphatic carboxylic acids is 1. The topological polar surface area (TPSA) is 97.8 Å². The van der Waals surface area contributed by atoms with E-state index < -0.39 is 17.9 Å². The van der Waals surface area contributed by atoms with Crippen LogP contribution in [0.15, 0.2) is 48.7 Å². The van der Waals surface area contributed by atoms with Gasteiger partial charge in [0, 0.05) is 12.3 Å². The summed E-state index contributed by atoms with van der Waals surface area (Å²) in [4.78, 5) is 27.1. The van der Waals surface area contributed by atoms with Gasteiger partial charge in [-0.25, -0.2) is 9.78 Å². The Kier molecular flexibility index (Phi) is 7.42. The fourth-order valence-electron chi connectivity index (χ4n) is 2.18. The summed E-state index contributed by atoms with van der Waals surface area (Å²) in [6.07, 6.45) is 3.63. The third kappa shape index (κ3) is 6.43. The molecule has 0 aliphatic rings. The second-order valence-corrected chi connectivity index (χ2v) is 5.63. The summed E-state index contributed by atoms with van der Waals surface area (Å²) in [5.74, 6) is 0.0393. The number of carboxylic acids is 1. The molecular formula is C19H22N2O5. The number of carbonyl (C=O) groups excluding carboxylic acids is 1. The van der Waals surface area contributed by atoms with Gasteiger partial charge in [0.1, 0.15) is 17.5 Å². The number of unbranched alkanes of at least 4 members (excludes halogenated alkanes) is 1. The smallest absolute Gasteiger partial charge is 0.326 e. The number of nitrogens with zero attached hydrogens (tertiary/aromatic N) is 1. The van der Waals surface area contributed by atoms with Gasteiger partial charge < -0.3 is 19.9 Å². The van der Waals surface area contributed by atoms with Crippen LogP contribution in [0.25, 0.3) is 0 Å². The third-order valence-electron chi connectivity index (χ3n) is 3.53. The Morgan fingerprint density at radius 3 is 2.50 bits per heavy atom. The van der Waals surface area contributed by atoms with Crippen molar-refractivity contribution in [3.8, 4) is 17.4 Å². The number of rotatable bonds is 10. The number of hydrogen-bond donors (Lipinski definition) is 2. The van der Waals surface area contributed by atoms with Gasteiger partial charge in [-0.2, -0.15) is 0 Å². The average molecular weight is 358 g/mol. The Balaban J connectivity index is 1.81. The standard InChI is InChI=1S/C19H22N2O5/c1-2-3-6-16(19(23)24)21-17(22)13-25-14-8-10-15(11-9-14)26-18-7-4-5-12-20-18/h4-5,7-12,16H,2-3,6,13H2,1H3,(H,21,22)(H,23,24). The van der Waals surface area contributed by atoms with E-state index >= 15 is 0 Å². The number of amides is 1. The van der Waals surface area contributed by atoms with Crippen molar-refractivity contribution in [2.75, 3.05) is 6.61 Å². The minimum absolute atomic E-state index is 0.254. The summed E-state index contributed by atoms with van der Waals surface area (Å²) in [6, 6.07) is 11.2. The van der Waals surface area contributed by atoms with Crippen molar-refractivity contribution in [3.63, 3.8) is 0 Å². The molecule has 1 aromatic carbocycles. The molecule has 0 saturated heterocycles. The monoisotopic (exact) mass is 358 g/mol. The van der Waals surface area contributed by atoms with Gasteiger partial charge in [-0.1, -0.05) is 25.8 Å². The van der Waals surface area contributed by atoms with Gasteiger partial charge >= 0.3 is 5.97 Å². The molecule has 0 aliphatic heterocycles. The van der Waals surface area contributed by atoms with Crippen LogP contribution in [-0.4, -0.2) is 34.6 Å². The van der Waals surface area contributed by atoms with Crippen LogP contribution in [0, 0.1) is 0 Å². The van der Waals surface area contributed by atoms with E-state index in [2.05, 4.69) is 10.3 Å². The normalized spacial score (nSPS) is 11.4. The van der Waals surface area contributed by atoms with Crippen molar-refractivity contribution in [2.24, 2.45) is 0 Å². The molecule has 7 nitrogen and oxygen atoms in total. The molecule has 0 fully saturated rings. The molecule has 0 spiro atoms. The largest absolute Gasteiger partial charge is 0.484 e. The van der Waals surface area contributed by atoms with Crippen LogP contribution in [0.3, 0.4) is 0 Å². The summed E-state index contributed by atoms with van der Waals surface area (Å²) in [5, 5.41) is 11.6. The lowest BCUT2D eigenvalue weighted by Gasteiger charge is -2.14. The molecule has 0 bridgehead atoms. The zero-order valence-electron chi connectivity index (χ0n) is 14.6. The van der Waals surface area contributed by atoms with E-state index in [-0.39, 0.29) is 6.61 Å². The van der Waals surface area contributed by atoms with E-state index in [1.165, 1.54) is 0 Å². The van der Waals surface area contributed by atoms with Crippen molar-refractivity contribution in [2.45, 2.75) is 32.2 Å². The van der Waals surface area contributed by atoms with Gasteiger partial charge in [-0.05, 0) is 36.8 Å². The molecular weight excluding hydrogens is 336 g/mol. The molecule has 1 unspecified atom stereocenters. The van der Waals surface area contributed by atoms with Gasteiger partial charge in [-0.3, -0.25) is 4.79 Å². The summed E-state index contributed by atoms with van der Waals surface area (Å²) >= 11 is 0. The van der Waals surface area contributed by atoms with Crippen molar-refractivity contribution in [3.05, 3.63) is 48.7 Å². The molecule has 2 rings (SSSR count). The van der Waals surface area contributed by atoms with E-state index in [0.29, 0.717) is 23.8 Å². The number of hydrogen-bond acceptors (Lipinski definition) is 5. The minimum atomic E-state index is -1.04. The van der Waals surface area contributed by atoms with Gasteiger partial charge in [0.2, 0.25) is 5.88 Å². The zero-order chi connectivity index (χ0) is 18.8. The number of ether oxygens (including phenoxy) is 2. The average Bonchev–Trinajstić information content (AvgIpc) is 2.65. The number of aromatic nitrogens is 1. The molecule has 26 heavy (non-hydrogen) atoms. The maximum absolute atomic E-state index is 11.9. The molecule has 2 N–H and O–H groups in total. The maximum atomic E-state index is 11.9. The molecule has 7 heteroatoms. The van der Waals surface area contributed by atoms with E-state index in [1.807, 2.05) is 13.0 Å². The fraction of sp³-hybridized carbons (Fsp3) is 0.316. The second-order valence-electron chi connectivity index (χ2n) is 5.63. The number of benzene rings is 1. The lowest BCUT2D eigenvalue weighted by atomic mass is 10.1. The first-order valence-corrected chi connectivity index (χ1v) is 8.42. The predicted octanol–water partition coefficient (Wildman–Crippen LogP) is 3.01. The molecule has 0 radical (unpaired) electrons. The minimum Gasteiger partial charge on any atom is -0.484 e. The molecule has 0 saturated carbocycles. The van der Waals surface area contributed by atoms with E-state index in [9.17, 15) is 9.59 Å². The number of carbonyl (C=O) groups is 2. The van der Waals surface area contributed by atoms with Crippen LogP contribution in [0.5, 0.6) is 17.4 Å². The van der Waals surface area contributed by atoms with Crippen LogP contribution in [-0.2, 0) is 9.59 Å². The molecule has 0 aliphatic carbocycles. The SMILES string of the molecule is CCCCC(NC(=O)COc1ccc(Oc2ccccn2)cc1)C(=O)O. The highest BCUT2D eigenvalue weighted by Gasteiger charge is 2.19. The Labute approximate surface area is 152 Å². The molecule has 1 heterocycles. The van der Waals surface area contributed by atoms with Crippen LogP contribution < -0.4 is 14.8 Å². The summed E-state index contributed by atoms with van der Waals surface area (Å²) in [5.41, 5.74) is 0. The Bertz CT molecular complexity index is 704. The van der Waals surface area contributed by atoms with E-state index in [1.54, 1.807) is 42.6 Å². The quantitative estimate of drug-likeness (QED) is 0.677. The number of pyridine rings is 1. The highest BCUT2D eigenvalue weighted by molar-refractivity contribution is 5.84. The molecule has 138 valence electrons. The summed E-state index contributed by atoms with van der Waals surface area (Å²) in [7, 11) is 0. The third-order valence-corrected chi connectivity index (χ3v) is 3.53. The molecule has 1 aromatic heterocycles. The maximum Gasteiger partial charge on any atom is 0.326 e. The molecule has 2 aromatic rings. The fourth-order valence-corrected chi connectivity index (χ4v) is 2.18. The summed E-state index contributed by atoms with van der Waals surface area (Å²) < 4.78 is 10.9. The summed E-state index contributed by atoms with van der Waals surface area (Å²) in [6.45, 7) is 1.71. The Morgan fingerprint density at radius 2 is 1.88 bits per heavy atom. The van der Waals surface area contributed by atoms with Gasteiger partial charge in [0.05, 0.1) is 0 Å².